The molecule has 0 radical (unpaired) electrons. The van der Waals surface area contributed by atoms with E-state index >= 15 is 0 Å². The van der Waals surface area contributed by atoms with Crippen LogP contribution < -0.4 is 15.4 Å². The van der Waals surface area contributed by atoms with Gasteiger partial charge in [-0.15, -0.1) is 0 Å². The average molecular weight is 345 g/mol. The molecule has 0 aliphatic rings. The molecule has 25 heavy (non-hydrogen) atoms. The van der Waals surface area contributed by atoms with Gasteiger partial charge in [-0.1, -0.05) is 12.1 Å². The second-order valence-corrected chi connectivity index (χ2v) is 5.52. The van der Waals surface area contributed by atoms with E-state index in [-0.39, 0.29) is 0 Å². The summed E-state index contributed by atoms with van der Waals surface area (Å²) in [6.07, 6.45) is 1.66. The van der Waals surface area contributed by atoms with Crippen LogP contribution in [0.25, 0.3) is 0 Å². The quantitative estimate of drug-likeness (QED) is 0.415. The minimum atomic E-state index is 0.537. The van der Waals surface area contributed by atoms with Crippen molar-refractivity contribution in [3.63, 3.8) is 0 Å². The number of rotatable bonds is 9. The highest BCUT2D eigenvalue weighted by Gasteiger charge is 2.06. The Balaban J connectivity index is 1.89. The van der Waals surface area contributed by atoms with Crippen molar-refractivity contribution in [3.05, 3.63) is 53.5 Å². The largest absolute Gasteiger partial charge is 0.491 e. The number of benzene rings is 1. The summed E-state index contributed by atoms with van der Waals surface area (Å²) in [5.74, 6) is 2.43. The molecule has 136 valence electrons. The molecule has 1 aromatic heterocycles. The van der Waals surface area contributed by atoms with E-state index in [4.69, 9.17) is 13.9 Å². The number of guanidine groups is 1. The lowest BCUT2D eigenvalue weighted by molar-refractivity contribution is 0.110. The molecule has 0 saturated heterocycles. The molecular formula is C19H27N3O3. The zero-order chi connectivity index (χ0) is 17.9. The highest BCUT2D eigenvalue weighted by Crippen LogP contribution is 2.20. The summed E-state index contributed by atoms with van der Waals surface area (Å²) in [6.45, 7) is 7.04. The molecule has 0 amide bonds. The predicted octanol–water partition coefficient (Wildman–Crippen LogP) is 2.87. The van der Waals surface area contributed by atoms with Gasteiger partial charge in [0.1, 0.15) is 18.1 Å². The highest BCUT2D eigenvalue weighted by molar-refractivity contribution is 5.79. The Bertz CT molecular complexity index is 654. The molecule has 6 nitrogen and oxygen atoms in total. The Hall–Kier alpha value is -2.47. The third kappa shape index (κ3) is 6.51. The van der Waals surface area contributed by atoms with Crippen molar-refractivity contribution in [2.24, 2.45) is 4.99 Å². The smallest absolute Gasteiger partial charge is 0.191 e. The van der Waals surface area contributed by atoms with Crippen molar-refractivity contribution in [2.45, 2.75) is 26.9 Å². The lowest BCUT2D eigenvalue weighted by Gasteiger charge is -2.15. The summed E-state index contributed by atoms with van der Waals surface area (Å²) >= 11 is 0. The third-order valence-electron chi connectivity index (χ3n) is 3.59. The molecule has 0 aliphatic carbocycles. The number of nitrogens with one attached hydrogen (secondary N) is 2. The predicted molar refractivity (Wildman–Crippen MR) is 98.9 cm³/mol. The molecule has 0 saturated carbocycles. The number of nitrogens with zero attached hydrogens (tertiary/aromatic N) is 1. The van der Waals surface area contributed by atoms with Gasteiger partial charge in [0.2, 0.25) is 0 Å². The summed E-state index contributed by atoms with van der Waals surface area (Å²) in [6, 6.07) is 9.97. The number of hydrogen-bond donors (Lipinski definition) is 2. The van der Waals surface area contributed by atoms with Crippen LogP contribution in [-0.2, 0) is 17.8 Å². The van der Waals surface area contributed by atoms with Crippen LogP contribution in [0.15, 0.2) is 46.0 Å². The van der Waals surface area contributed by atoms with E-state index in [0.717, 1.165) is 22.6 Å². The van der Waals surface area contributed by atoms with E-state index in [1.54, 1.807) is 13.3 Å². The van der Waals surface area contributed by atoms with Gasteiger partial charge in [-0.2, -0.15) is 0 Å². The summed E-state index contributed by atoms with van der Waals surface area (Å²) < 4.78 is 16.5. The van der Waals surface area contributed by atoms with Crippen molar-refractivity contribution >= 4 is 5.96 Å². The van der Waals surface area contributed by atoms with Gasteiger partial charge >= 0.3 is 0 Å². The maximum absolute atomic E-state index is 5.86. The monoisotopic (exact) mass is 345 g/mol. The molecule has 6 heteroatoms. The molecule has 2 N–H and O–H groups in total. The fourth-order valence-corrected chi connectivity index (χ4v) is 2.28. The van der Waals surface area contributed by atoms with Crippen LogP contribution in [-0.4, -0.2) is 32.8 Å². The van der Waals surface area contributed by atoms with Crippen molar-refractivity contribution in [1.29, 1.82) is 0 Å². The third-order valence-corrected chi connectivity index (χ3v) is 3.59. The Morgan fingerprint density at radius 2 is 2.00 bits per heavy atom. The number of aryl methyl sites for hydroxylation is 1. The Kier molecular flexibility index (Phi) is 7.85. The number of ether oxygens (including phenoxy) is 2. The van der Waals surface area contributed by atoms with Gasteiger partial charge in [-0.25, -0.2) is 0 Å². The SMILES string of the molecule is CCOCCOc1cc(C)ccc1CNC(=NC)NCc1ccco1. The Morgan fingerprint density at radius 3 is 2.72 bits per heavy atom. The molecule has 1 aromatic carbocycles. The van der Waals surface area contributed by atoms with E-state index < -0.39 is 0 Å². The van der Waals surface area contributed by atoms with Gasteiger partial charge in [0.05, 0.1) is 19.4 Å². The Labute approximate surface area is 149 Å². The van der Waals surface area contributed by atoms with Crippen LogP contribution in [0.3, 0.4) is 0 Å². The molecule has 2 rings (SSSR count). The number of furan rings is 1. The summed E-state index contributed by atoms with van der Waals surface area (Å²) in [7, 11) is 1.74. The number of hydrogen-bond acceptors (Lipinski definition) is 4. The molecule has 1 heterocycles. The first-order valence-electron chi connectivity index (χ1n) is 8.50. The topological polar surface area (TPSA) is 68.0 Å². The minimum absolute atomic E-state index is 0.537. The highest BCUT2D eigenvalue weighted by atomic mass is 16.5. The van der Waals surface area contributed by atoms with Crippen LogP contribution in [0.1, 0.15) is 23.8 Å². The maximum Gasteiger partial charge on any atom is 0.191 e. The summed E-state index contributed by atoms with van der Waals surface area (Å²) in [5, 5.41) is 6.51. The van der Waals surface area contributed by atoms with Crippen LogP contribution in [0.4, 0.5) is 0 Å². The molecular weight excluding hydrogens is 318 g/mol. The molecule has 0 unspecified atom stereocenters. The van der Waals surface area contributed by atoms with Gasteiger partial charge in [0.15, 0.2) is 5.96 Å². The Morgan fingerprint density at radius 1 is 1.16 bits per heavy atom. The van der Waals surface area contributed by atoms with Crippen LogP contribution in [0.5, 0.6) is 5.75 Å². The summed E-state index contributed by atoms with van der Waals surface area (Å²) in [5.41, 5.74) is 2.23. The van der Waals surface area contributed by atoms with Crippen LogP contribution >= 0.6 is 0 Å². The number of aliphatic imine (C=N–C) groups is 1. The van der Waals surface area contributed by atoms with E-state index in [0.29, 0.717) is 38.9 Å². The van der Waals surface area contributed by atoms with Crippen LogP contribution in [0.2, 0.25) is 0 Å². The van der Waals surface area contributed by atoms with Gasteiger partial charge in [0, 0.05) is 25.8 Å². The average Bonchev–Trinajstić information content (AvgIpc) is 3.14. The van der Waals surface area contributed by atoms with E-state index in [2.05, 4.69) is 34.7 Å². The minimum Gasteiger partial charge on any atom is -0.491 e. The lowest BCUT2D eigenvalue weighted by atomic mass is 10.1. The van der Waals surface area contributed by atoms with E-state index in [1.807, 2.05) is 25.1 Å². The van der Waals surface area contributed by atoms with Crippen molar-refractivity contribution in [2.75, 3.05) is 26.9 Å². The van der Waals surface area contributed by atoms with E-state index in [9.17, 15) is 0 Å². The normalized spacial score (nSPS) is 11.4. The van der Waals surface area contributed by atoms with Crippen molar-refractivity contribution in [3.8, 4) is 5.75 Å². The summed E-state index contributed by atoms with van der Waals surface area (Å²) in [4.78, 5) is 4.23. The second-order valence-electron chi connectivity index (χ2n) is 5.52. The maximum atomic E-state index is 5.86. The van der Waals surface area contributed by atoms with Gasteiger partial charge in [0.25, 0.3) is 0 Å². The molecule has 0 atom stereocenters. The van der Waals surface area contributed by atoms with Crippen LogP contribution in [0, 0.1) is 6.92 Å². The fraction of sp³-hybridized carbons (Fsp3) is 0.421. The molecule has 0 aliphatic heterocycles. The van der Waals surface area contributed by atoms with Gasteiger partial charge in [-0.05, 0) is 37.6 Å². The zero-order valence-electron chi connectivity index (χ0n) is 15.2. The fourth-order valence-electron chi connectivity index (χ4n) is 2.28. The standard InChI is InChI=1S/C19H27N3O3/c1-4-23-10-11-25-18-12-15(2)7-8-16(18)13-21-19(20-3)22-14-17-6-5-9-24-17/h5-9,12H,4,10-11,13-14H2,1-3H3,(H2,20,21,22). The molecule has 0 spiro atoms. The van der Waals surface area contributed by atoms with E-state index in [1.165, 1.54) is 0 Å². The lowest BCUT2D eigenvalue weighted by Crippen LogP contribution is -2.36. The first-order valence-corrected chi connectivity index (χ1v) is 8.50. The molecule has 0 fully saturated rings. The zero-order valence-corrected chi connectivity index (χ0v) is 15.2. The van der Waals surface area contributed by atoms with Gasteiger partial charge in [-0.3, -0.25) is 4.99 Å². The van der Waals surface area contributed by atoms with Crippen molar-refractivity contribution in [1.82, 2.24) is 10.6 Å². The first-order chi connectivity index (χ1) is 12.2. The molecule has 0 bridgehead atoms. The van der Waals surface area contributed by atoms with Gasteiger partial charge < -0.3 is 24.5 Å². The van der Waals surface area contributed by atoms with Crippen molar-refractivity contribution < 1.29 is 13.9 Å². The second kappa shape index (κ2) is 10.4. The molecule has 2 aromatic rings. The first kappa shape index (κ1) is 18.9.